The lowest BCUT2D eigenvalue weighted by Crippen LogP contribution is -2.48. The maximum absolute atomic E-state index is 13.4. The van der Waals surface area contributed by atoms with Crippen molar-refractivity contribution in [3.8, 4) is 6.07 Å². The highest BCUT2D eigenvalue weighted by Crippen LogP contribution is 2.26. The van der Waals surface area contributed by atoms with E-state index in [1.807, 2.05) is 17.0 Å². The zero-order valence-electron chi connectivity index (χ0n) is 13.5. The number of anilines is 1. The van der Waals surface area contributed by atoms with Crippen LogP contribution in [-0.4, -0.2) is 38.9 Å². The third-order valence-corrected chi connectivity index (χ3v) is 6.58. The van der Waals surface area contributed by atoms with Crippen molar-refractivity contribution in [2.24, 2.45) is 0 Å². The van der Waals surface area contributed by atoms with Crippen molar-refractivity contribution in [2.45, 2.75) is 4.90 Å². The van der Waals surface area contributed by atoms with Gasteiger partial charge in [-0.05, 0) is 36.4 Å². The van der Waals surface area contributed by atoms with E-state index in [0.29, 0.717) is 24.7 Å². The summed E-state index contributed by atoms with van der Waals surface area (Å²) < 4.78 is 53.7. The predicted octanol–water partition coefficient (Wildman–Crippen LogP) is 3.11. The fourth-order valence-corrected chi connectivity index (χ4v) is 4.62. The molecule has 0 amide bonds. The number of hydrogen-bond acceptors (Lipinski definition) is 4. The largest absolute Gasteiger partial charge is 0.368 e. The second kappa shape index (κ2) is 7.31. The Balaban J connectivity index is 1.78. The lowest BCUT2D eigenvalue weighted by molar-refractivity contribution is 0.384. The molecule has 1 saturated heterocycles. The minimum atomic E-state index is -3.90. The van der Waals surface area contributed by atoms with Gasteiger partial charge in [0.2, 0.25) is 10.0 Å². The van der Waals surface area contributed by atoms with Gasteiger partial charge in [-0.2, -0.15) is 9.57 Å². The summed E-state index contributed by atoms with van der Waals surface area (Å²) in [6.45, 7) is 1.14. The van der Waals surface area contributed by atoms with Gasteiger partial charge in [-0.3, -0.25) is 0 Å². The lowest BCUT2D eigenvalue weighted by atomic mass is 10.1. The van der Waals surface area contributed by atoms with Crippen LogP contribution in [0, 0.1) is 23.0 Å². The fourth-order valence-electron chi connectivity index (χ4n) is 2.83. The standard InChI is InChI=1S/C17H14BrF2N3O2S/c18-13-1-4-17(12(9-13)11-21)22-5-7-23(8-6-22)26(24,25)14-2-3-15(19)16(20)10-14/h1-4,9-10H,5-8H2. The molecule has 0 radical (unpaired) electrons. The molecule has 26 heavy (non-hydrogen) atoms. The van der Waals surface area contributed by atoms with Gasteiger partial charge in [-0.15, -0.1) is 0 Å². The molecule has 0 spiro atoms. The van der Waals surface area contributed by atoms with Crippen LogP contribution in [0.5, 0.6) is 0 Å². The van der Waals surface area contributed by atoms with E-state index in [1.165, 1.54) is 4.31 Å². The number of nitrogens with zero attached hydrogens (tertiary/aromatic N) is 3. The zero-order chi connectivity index (χ0) is 18.9. The number of benzene rings is 2. The molecule has 136 valence electrons. The Morgan fingerprint density at radius 1 is 1.00 bits per heavy atom. The van der Waals surface area contributed by atoms with Crippen molar-refractivity contribution in [1.82, 2.24) is 4.31 Å². The first-order chi connectivity index (χ1) is 12.3. The fraction of sp³-hybridized carbons (Fsp3) is 0.235. The third kappa shape index (κ3) is 3.58. The quantitative estimate of drug-likeness (QED) is 0.733. The van der Waals surface area contributed by atoms with Crippen LogP contribution in [0.15, 0.2) is 45.8 Å². The van der Waals surface area contributed by atoms with Crippen LogP contribution in [0.4, 0.5) is 14.5 Å². The van der Waals surface area contributed by atoms with E-state index in [-0.39, 0.29) is 18.0 Å². The first-order valence-corrected chi connectivity index (χ1v) is 9.96. The summed E-state index contributed by atoms with van der Waals surface area (Å²) in [5.41, 5.74) is 1.23. The Bertz CT molecular complexity index is 984. The molecule has 1 heterocycles. The molecule has 3 rings (SSSR count). The van der Waals surface area contributed by atoms with Crippen LogP contribution < -0.4 is 4.90 Å². The Labute approximate surface area is 158 Å². The van der Waals surface area contributed by atoms with Crippen LogP contribution in [-0.2, 0) is 10.0 Å². The molecule has 2 aromatic rings. The second-order valence-electron chi connectivity index (χ2n) is 5.74. The van der Waals surface area contributed by atoms with E-state index in [4.69, 9.17) is 0 Å². The lowest BCUT2D eigenvalue weighted by Gasteiger charge is -2.35. The average Bonchev–Trinajstić information content (AvgIpc) is 2.64. The highest BCUT2D eigenvalue weighted by Gasteiger charge is 2.29. The molecule has 0 aromatic heterocycles. The second-order valence-corrected chi connectivity index (χ2v) is 8.59. The molecule has 0 saturated carbocycles. The van der Waals surface area contributed by atoms with Crippen LogP contribution in [0.25, 0.3) is 0 Å². The third-order valence-electron chi connectivity index (χ3n) is 4.19. The first kappa shape index (κ1) is 18.8. The summed E-state index contributed by atoms with van der Waals surface area (Å²) in [6, 6.07) is 10.0. The molecule has 0 unspecified atom stereocenters. The summed E-state index contributed by atoms with van der Waals surface area (Å²) in [4.78, 5) is 1.66. The molecule has 0 N–H and O–H groups in total. The smallest absolute Gasteiger partial charge is 0.243 e. The summed E-state index contributed by atoms with van der Waals surface area (Å²) in [7, 11) is -3.90. The number of piperazine rings is 1. The number of rotatable bonds is 3. The molecule has 1 aliphatic heterocycles. The molecule has 9 heteroatoms. The van der Waals surface area contributed by atoms with Gasteiger partial charge in [-0.1, -0.05) is 15.9 Å². The monoisotopic (exact) mass is 441 g/mol. The van der Waals surface area contributed by atoms with Crippen molar-refractivity contribution >= 4 is 31.6 Å². The number of nitriles is 1. The van der Waals surface area contributed by atoms with Gasteiger partial charge >= 0.3 is 0 Å². The van der Waals surface area contributed by atoms with Crippen molar-refractivity contribution in [3.63, 3.8) is 0 Å². The van der Waals surface area contributed by atoms with Gasteiger partial charge < -0.3 is 4.90 Å². The van der Waals surface area contributed by atoms with Crippen LogP contribution in [0.3, 0.4) is 0 Å². The van der Waals surface area contributed by atoms with Crippen molar-refractivity contribution in [1.29, 1.82) is 5.26 Å². The van der Waals surface area contributed by atoms with E-state index in [1.54, 1.807) is 6.07 Å². The molecular formula is C17H14BrF2N3O2S. The minimum absolute atomic E-state index is 0.183. The number of hydrogen-bond donors (Lipinski definition) is 0. The Morgan fingerprint density at radius 2 is 1.69 bits per heavy atom. The van der Waals surface area contributed by atoms with Gasteiger partial charge in [0.05, 0.1) is 16.1 Å². The van der Waals surface area contributed by atoms with E-state index >= 15 is 0 Å². The average molecular weight is 442 g/mol. The molecular weight excluding hydrogens is 428 g/mol. The van der Waals surface area contributed by atoms with Gasteiger partial charge in [0.25, 0.3) is 0 Å². The molecule has 1 fully saturated rings. The molecule has 0 bridgehead atoms. The van der Waals surface area contributed by atoms with E-state index in [2.05, 4.69) is 22.0 Å². The molecule has 5 nitrogen and oxygen atoms in total. The van der Waals surface area contributed by atoms with Crippen LogP contribution in [0.1, 0.15) is 5.56 Å². The summed E-state index contributed by atoms with van der Waals surface area (Å²) in [5.74, 6) is -2.29. The van der Waals surface area contributed by atoms with Gasteiger partial charge in [0, 0.05) is 30.7 Å². The van der Waals surface area contributed by atoms with Gasteiger partial charge in [0.1, 0.15) is 6.07 Å². The molecule has 2 aromatic carbocycles. The highest BCUT2D eigenvalue weighted by atomic mass is 79.9. The van der Waals surface area contributed by atoms with E-state index < -0.39 is 21.7 Å². The maximum Gasteiger partial charge on any atom is 0.243 e. The van der Waals surface area contributed by atoms with Crippen LogP contribution in [0.2, 0.25) is 0 Å². The Kier molecular flexibility index (Phi) is 5.27. The Morgan fingerprint density at radius 3 is 2.31 bits per heavy atom. The summed E-state index contributed by atoms with van der Waals surface area (Å²) in [5, 5.41) is 9.28. The first-order valence-electron chi connectivity index (χ1n) is 7.73. The molecule has 0 atom stereocenters. The maximum atomic E-state index is 13.4. The van der Waals surface area contributed by atoms with Gasteiger partial charge in [-0.25, -0.2) is 17.2 Å². The zero-order valence-corrected chi connectivity index (χ0v) is 15.9. The van der Waals surface area contributed by atoms with Gasteiger partial charge in [0.15, 0.2) is 11.6 Å². The van der Waals surface area contributed by atoms with Crippen molar-refractivity contribution < 1.29 is 17.2 Å². The normalized spacial score (nSPS) is 15.7. The SMILES string of the molecule is N#Cc1cc(Br)ccc1N1CCN(S(=O)(=O)c2ccc(F)c(F)c2)CC1. The van der Waals surface area contributed by atoms with Crippen molar-refractivity contribution in [3.05, 3.63) is 58.1 Å². The van der Waals surface area contributed by atoms with Crippen molar-refractivity contribution in [2.75, 3.05) is 31.1 Å². The minimum Gasteiger partial charge on any atom is -0.368 e. The number of halogens is 3. The highest BCUT2D eigenvalue weighted by molar-refractivity contribution is 9.10. The molecule has 0 aliphatic carbocycles. The van der Waals surface area contributed by atoms with E-state index in [9.17, 15) is 22.5 Å². The van der Waals surface area contributed by atoms with E-state index in [0.717, 1.165) is 22.3 Å². The Hall–Kier alpha value is -2.02. The van der Waals surface area contributed by atoms with Crippen LogP contribution >= 0.6 is 15.9 Å². The number of sulfonamides is 1. The summed E-state index contributed by atoms with van der Waals surface area (Å²) in [6.07, 6.45) is 0. The summed E-state index contributed by atoms with van der Waals surface area (Å²) >= 11 is 3.32. The topological polar surface area (TPSA) is 64.4 Å². The predicted molar refractivity (Wildman–Crippen MR) is 96.2 cm³/mol. The molecule has 1 aliphatic rings.